The number of esters is 2. The van der Waals surface area contributed by atoms with Crippen LogP contribution in [0.25, 0.3) is 0 Å². The monoisotopic (exact) mass is 1130 g/mol. The smallest absolute Gasteiger partial charge is 0.455 e. The van der Waals surface area contributed by atoms with E-state index in [2.05, 4.69) is 5.32 Å². The fourth-order valence-corrected chi connectivity index (χ4v) is 12.9. The first kappa shape index (κ1) is 58.7. The molecule has 0 radical (unpaired) electrons. The highest BCUT2D eigenvalue weighted by molar-refractivity contribution is 7.48. The Bertz CT molecular complexity index is 3080. The minimum atomic E-state index is -4.50. The Kier molecular flexibility index (Phi) is 17.6. The molecule has 19 nitrogen and oxygen atoms in total. The highest BCUT2D eigenvalue weighted by Gasteiger charge is 2.77. The molecule has 4 aliphatic rings. The quantitative estimate of drug-likeness (QED) is 0.0188. The molecule has 5 aromatic rings. The lowest BCUT2D eigenvalue weighted by Crippen LogP contribution is -2.81. The maximum atomic E-state index is 15.9. The topological polar surface area (TPSA) is 258 Å². The van der Waals surface area contributed by atoms with Crippen molar-refractivity contribution in [1.29, 1.82) is 0 Å². The van der Waals surface area contributed by atoms with E-state index in [1.807, 2.05) is 12.1 Å². The summed E-state index contributed by atoms with van der Waals surface area (Å²) in [6.07, 6.45) is -12.3. The Morgan fingerprint density at radius 3 is 1.84 bits per heavy atom. The van der Waals surface area contributed by atoms with Gasteiger partial charge in [-0.3, -0.25) is 23.2 Å². The summed E-state index contributed by atoms with van der Waals surface area (Å²) >= 11 is 0. The Balaban J connectivity index is 1.11. The molecule has 10 unspecified atom stereocenters. The van der Waals surface area contributed by atoms with Crippen LogP contribution in [0.5, 0.6) is 0 Å². The van der Waals surface area contributed by atoms with Crippen LogP contribution in [0.15, 0.2) is 163 Å². The second kappa shape index (κ2) is 24.3. The van der Waals surface area contributed by atoms with E-state index in [0.717, 1.165) is 0 Å². The number of aliphatic hydroxyl groups is 3. The van der Waals surface area contributed by atoms with Gasteiger partial charge in [-0.25, -0.2) is 18.9 Å². The average molecular weight is 1130 g/mol. The molecule has 2 bridgehead atoms. The second-order valence-electron chi connectivity index (χ2n) is 21.3. The lowest BCUT2D eigenvalue weighted by molar-refractivity contribution is -0.349. The lowest BCUT2D eigenvalue weighted by Gasteiger charge is -2.67. The summed E-state index contributed by atoms with van der Waals surface area (Å²) in [5, 5.41) is 42.7. The Hall–Kier alpha value is -6.90. The molecule has 5 aromatic carbocycles. The predicted octanol–water partition coefficient (Wildman–Crippen LogP) is 8.32. The molecule has 1 saturated heterocycles. The van der Waals surface area contributed by atoms with E-state index >= 15 is 9.59 Å². The van der Waals surface area contributed by atoms with Crippen LogP contribution in [-0.2, 0) is 69.4 Å². The van der Waals surface area contributed by atoms with E-state index in [1.165, 1.54) is 46.8 Å². The largest absolute Gasteiger partial charge is 0.509 e. The summed E-state index contributed by atoms with van der Waals surface area (Å²) in [5.74, 6) is -5.48. The molecule has 428 valence electrons. The molecular formula is C61H66NO18P. The molecule has 0 spiro atoms. The Labute approximate surface area is 469 Å². The van der Waals surface area contributed by atoms with E-state index in [1.54, 1.807) is 127 Å². The Morgan fingerprint density at radius 2 is 1.30 bits per heavy atom. The van der Waals surface area contributed by atoms with Gasteiger partial charge in [-0.2, -0.15) is 0 Å². The van der Waals surface area contributed by atoms with Crippen LogP contribution in [0, 0.1) is 16.7 Å². The van der Waals surface area contributed by atoms with Gasteiger partial charge in [0.05, 0.1) is 49.6 Å². The van der Waals surface area contributed by atoms with Crippen LogP contribution in [0.1, 0.15) is 90.9 Å². The zero-order chi connectivity index (χ0) is 57.7. The summed E-state index contributed by atoms with van der Waals surface area (Å²) in [6, 6.07) is 40.5. The minimum Gasteiger partial charge on any atom is -0.455 e. The van der Waals surface area contributed by atoms with Crippen LogP contribution in [0.2, 0.25) is 0 Å². The van der Waals surface area contributed by atoms with Crippen LogP contribution >= 0.6 is 7.82 Å². The van der Waals surface area contributed by atoms with Crippen molar-refractivity contribution in [1.82, 2.24) is 5.32 Å². The molecule has 81 heavy (non-hydrogen) atoms. The number of benzene rings is 5. The van der Waals surface area contributed by atoms with Crippen LogP contribution < -0.4 is 5.32 Å². The van der Waals surface area contributed by atoms with Crippen molar-refractivity contribution in [2.45, 2.75) is 115 Å². The van der Waals surface area contributed by atoms with Gasteiger partial charge in [-0.15, -0.1) is 0 Å². The number of carbonyl (C=O) groups is 5. The zero-order valence-electron chi connectivity index (χ0n) is 45.4. The number of aliphatic hydroxyl groups excluding tert-OH is 1. The van der Waals surface area contributed by atoms with Crippen molar-refractivity contribution >= 4 is 37.6 Å². The summed E-state index contributed by atoms with van der Waals surface area (Å²) in [5.41, 5.74) is -6.56. The molecule has 1 heterocycles. The highest BCUT2D eigenvalue weighted by Crippen LogP contribution is 2.64. The second-order valence-corrected chi connectivity index (χ2v) is 23.0. The first-order chi connectivity index (χ1) is 38.7. The number of ketones is 1. The third-order valence-electron chi connectivity index (χ3n) is 16.3. The zero-order valence-corrected chi connectivity index (χ0v) is 46.3. The molecular weight excluding hydrogens is 1070 g/mol. The van der Waals surface area contributed by atoms with Gasteiger partial charge in [0, 0.05) is 29.7 Å². The van der Waals surface area contributed by atoms with Crippen molar-refractivity contribution in [3.05, 3.63) is 191 Å². The van der Waals surface area contributed by atoms with E-state index < -0.39 is 128 Å². The fraction of sp³-hybridized carbons (Fsp3) is 0.393. The molecule has 0 aromatic heterocycles. The fourth-order valence-electron chi connectivity index (χ4n) is 11.9. The van der Waals surface area contributed by atoms with E-state index in [0.29, 0.717) is 16.7 Å². The SMILES string of the molecule is CCOC(=O)OC(C(=O)OC1CC2(O)C(OC(=O)c3ccccc3)C3C4(O)COC4CC(OCOP(=O)(OCc4ccccc4)OCc4ccccc4)[C@@]3(C)C(=O)C(O)C(=C1C)C2(C)C)C(NC(=O)c1ccccc1)c1ccccc1. The molecule has 11 atom stereocenters. The van der Waals surface area contributed by atoms with E-state index in [9.17, 15) is 34.3 Å². The van der Waals surface area contributed by atoms with Gasteiger partial charge in [0.1, 0.15) is 35.6 Å². The van der Waals surface area contributed by atoms with Gasteiger partial charge >= 0.3 is 25.9 Å². The number of hydrogen-bond acceptors (Lipinski definition) is 18. The highest BCUT2D eigenvalue weighted by atomic mass is 31.2. The number of fused-ring (bicyclic) bond motifs is 5. The van der Waals surface area contributed by atoms with Crippen molar-refractivity contribution in [2.24, 2.45) is 16.7 Å². The van der Waals surface area contributed by atoms with Gasteiger partial charge < -0.3 is 49.1 Å². The summed E-state index contributed by atoms with van der Waals surface area (Å²) < 4.78 is 68.1. The van der Waals surface area contributed by atoms with Crippen LogP contribution in [-0.4, -0.2) is 113 Å². The lowest BCUT2D eigenvalue weighted by atomic mass is 9.44. The van der Waals surface area contributed by atoms with Crippen LogP contribution in [0.4, 0.5) is 4.79 Å². The number of nitrogens with one attached hydrogen (secondary N) is 1. The molecule has 3 fully saturated rings. The van der Waals surface area contributed by atoms with E-state index in [-0.39, 0.29) is 48.5 Å². The molecule has 4 N–H and O–H groups in total. The predicted molar refractivity (Wildman–Crippen MR) is 289 cm³/mol. The van der Waals surface area contributed by atoms with Gasteiger partial charge in [-0.1, -0.05) is 141 Å². The summed E-state index contributed by atoms with van der Waals surface area (Å²) in [4.78, 5) is 72.8. The number of phosphoric ester groups is 1. The molecule has 9 rings (SSSR count). The summed E-state index contributed by atoms with van der Waals surface area (Å²) in [7, 11) is -4.50. The number of rotatable bonds is 20. The molecule has 1 amide bonds. The first-order valence-electron chi connectivity index (χ1n) is 26.7. The molecule has 2 saturated carbocycles. The average Bonchev–Trinajstić information content (AvgIpc) is 0.972. The molecule has 20 heteroatoms. The van der Waals surface area contributed by atoms with Crippen molar-refractivity contribution in [3.8, 4) is 0 Å². The van der Waals surface area contributed by atoms with Crippen molar-refractivity contribution in [2.75, 3.05) is 20.0 Å². The summed E-state index contributed by atoms with van der Waals surface area (Å²) in [6.45, 7) is 5.75. The maximum absolute atomic E-state index is 15.9. The molecule has 1 aliphatic heterocycles. The Morgan fingerprint density at radius 1 is 0.753 bits per heavy atom. The number of hydrogen-bond donors (Lipinski definition) is 4. The standard InChI is InChI=1S/C61H66NO18P/c1-6-72-57(68)79-50(48(41-26-16-9-17-27-41)62-54(65)42-28-18-10-19-29-42)56(67)78-44-33-61(70)53(80-55(66)43-30-20-11-21-31-43)51-59(5,52(64)49(63)47(38(44)2)58(61,3)4)45(32-46-60(51,69)36-73-46)74-37-77-81(71,75-34-39-22-12-7-13-23-39)76-35-40-24-14-8-15-25-40/h7-31,44-46,48-51,53,63,69-70H,6,32-37H2,1-5H3,(H,62,65)/t44?,45?,46?,48?,49?,50?,51?,53?,59-,60?,61?/m1/s1. The van der Waals surface area contributed by atoms with Crippen molar-refractivity contribution < 1.29 is 85.8 Å². The van der Waals surface area contributed by atoms with E-state index in [4.69, 9.17) is 42.0 Å². The number of carbonyl (C=O) groups excluding carboxylic acids is 5. The van der Waals surface area contributed by atoms with Crippen LogP contribution in [0.3, 0.4) is 0 Å². The maximum Gasteiger partial charge on any atom is 0.509 e. The molecule has 3 aliphatic carbocycles. The number of amides is 1. The third kappa shape index (κ3) is 11.8. The number of ether oxygens (including phenoxy) is 6. The normalized spacial score (nSPS) is 27.3. The van der Waals surface area contributed by atoms with Gasteiger partial charge in [0.25, 0.3) is 5.91 Å². The first-order valence-corrected chi connectivity index (χ1v) is 28.1. The number of phosphoric acid groups is 1. The minimum absolute atomic E-state index is 0.0374. The van der Waals surface area contributed by atoms with Gasteiger partial charge in [-0.05, 0) is 72.9 Å². The number of Topliss-reactive ketones (excluding diaryl/α,β-unsaturated/α-hetero) is 1. The van der Waals surface area contributed by atoms with Gasteiger partial charge in [0.15, 0.2) is 12.6 Å². The third-order valence-corrected chi connectivity index (χ3v) is 17.6. The van der Waals surface area contributed by atoms with Crippen molar-refractivity contribution in [3.63, 3.8) is 0 Å². The van der Waals surface area contributed by atoms with Gasteiger partial charge in [0.2, 0.25) is 6.10 Å².